The zero-order chi connectivity index (χ0) is 13.2. The van der Waals surface area contributed by atoms with E-state index in [4.69, 9.17) is 17.3 Å². The summed E-state index contributed by atoms with van der Waals surface area (Å²) in [4.78, 5) is 6.71. The number of halogens is 1. The molecule has 1 aromatic rings. The molecule has 0 radical (unpaired) electrons. The Balaban J connectivity index is 2.21. The SMILES string of the molecule is CC1(C)CCN(c2nccc(CN)c2Cl)CCS1. The third-order valence-electron chi connectivity index (χ3n) is 3.31. The molecule has 1 aliphatic rings. The Bertz CT molecular complexity index is 423. The topological polar surface area (TPSA) is 42.2 Å². The van der Waals surface area contributed by atoms with Gasteiger partial charge in [-0.15, -0.1) is 0 Å². The van der Waals surface area contributed by atoms with Crippen molar-refractivity contribution in [2.45, 2.75) is 31.6 Å². The van der Waals surface area contributed by atoms with Gasteiger partial charge in [-0.25, -0.2) is 4.98 Å². The van der Waals surface area contributed by atoms with E-state index in [0.717, 1.165) is 36.6 Å². The molecule has 2 rings (SSSR count). The molecule has 0 atom stereocenters. The molecule has 1 saturated heterocycles. The van der Waals surface area contributed by atoms with Gasteiger partial charge in [-0.2, -0.15) is 11.8 Å². The van der Waals surface area contributed by atoms with Crippen LogP contribution in [-0.4, -0.2) is 28.6 Å². The summed E-state index contributed by atoms with van der Waals surface area (Å²) in [5, 5.41) is 0.713. The van der Waals surface area contributed by atoms with Crippen LogP contribution >= 0.6 is 23.4 Å². The number of nitrogens with zero attached hydrogens (tertiary/aromatic N) is 2. The number of anilines is 1. The van der Waals surface area contributed by atoms with Crippen molar-refractivity contribution in [3.05, 3.63) is 22.8 Å². The number of rotatable bonds is 2. The molecule has 1 fully saturated rings. The Morgan fingerprint density at radius 2 is 2.28 bits per heavy atom. The molecule has 3 nitrogen and oxygen atoms in total. The van der Waals surface area contributed by atoms with Gasteiger partial charge in [-0.1, -0.05) is 25.4 Å². The molecule has 100 valence electrons. The molecule has 0 spiro atoms. The quantitative estimate of drug-likeness (QED) is 0.907. The van der Waals surface area contributed by atoms with Gasteiger partial charge in [-0.05, 0) is 18.1 Å². The summed E-state index contributed by atoms with van der Waals surface area (Å²) < 4.78 is 0.340. The minimum atomic E-state index is 0.340. The second-order valence-electron chi connectivity index (χ2n) is 5.16. The lowest BCUT2D eigenvalue weighted by molar-refractivity contribution is 0.635. The van der Waals surface area contributed by atoms with Gasteiger partial charge in [0.1, 0.15) is 5.82 Å². The fraction of sp³-hybridized carbons (Fsp3) is 0.615. The van der Waals surface area contributed by atoms with Crippen molar-refractivity contribution in [1.82, 2.24) is 4.98 Å². The van der Waals surface area contributed by atoms with Crippen LogP contribution in [-0.2, 0) is 6.54 Å². The summed E-state index contributed by atoms with van der Waals surface area (Å²) in [6.07, 6.45) is 2.94. The van der Waals surface area contributed by atoms with E-state index in [0.29, 0.717) is 16.3 Å². The van der Waals surface area contributed by atoms with E-state index in [9.17, 15) is 0 Å². The molecular formula is C13H20ClN3S. The van der Waals surface area contributed by atoms with E-state index in [1.165, 1.54) is 0 Å². The average Bonchev–Trinajstić information content (AvgIpc) is 2.51. The summed E-state index contributed by atoms with van der Waals surface area (Å²) in [6, 6.07) is 1.89. The van der Waals surface area contributed by atoms with Gasteiger partial charge in [0.25, 0.3) is 0 Å². The first kappa shape index (κ1) is 14.0. The molecule has 0 saturated carbocycles. The molecule has 0 aromatic carbocycles. The van der Waals surface area contributed by atoms with Gasteiger partial charge >= 0.3 is 0 Å². The molecule has 0 aliphatic carbocycles. The summed E-state index contributed by atoms with van der Waals surface area (Å²) in [5.41, 5.74) is 6.66. The molecule has 1 aromatic heterocycles. The summed E-state index contributed by atoms with van der Waals surface area (Å²) in [5.74, 6) is 2.00. The molecule has 5 heteroatoms. The highest BCUT2D eigenvalue weighted by Crippen LogP contribution is 2.34. The van der Waals surface area contributed by atoms with Crippen LogP contribution in [0.3, 0.4) is 0 Å². The summed E-state index contributed by atoms with van der Waals surface area (Å²) in [6.45, 7) is 7.05. The minimum Gasteiger partial charge on any atom is -0.354 e. The first-order valence-corrected chi connectivity index (χ1v) is 7.62. The normalized spacial score (nSPS) is 19.7. The Morgan fingerprint density at radius 1 is 1.50 bits per heavy atom. The Hall–Kier alpha value is -0.450. The average molecular weight is 286 g/mol. The number of hydrogen-bond acceptors (Lipinski definition) is 4. The predicted molar refractivity (Wildman–Crippen MR) is 80.5 cm³/mol. The van der Waals surface area contributed by atoms with Crippen molar-refractivity contribution in [3.63, 3.8) is 0 Å². The minimum absolute atomic E-state index is 0.340. The fourth-order valence-electron chi connectivity index (χ4n) is 2.08. The summed E-state index contributed by atoms with van der Waals surface area (Å²) >= 11 is 8.39. The predicted octanol–water partition coefficient (Wildman–Crippen LogP) is 2.92. The second kappa shape index (κ2) is 5.68. The van der Waals surface area contributed by atoms with Crippen molar-refractivity contribution in [2.75, 3.05) is 23.7 Å². The Kier molecular flexibility index (Phi) is 4.41. The first-order valence-electron chi connectivity index (χ1n) is 6.26. The number of aromatic nitrogens is 1. The van der Waals surface area contributed by atoms with E-state index in [1.807, 2.05) is 17.8 Å². The van der Waals surface area contributed by atoms with Crippen molar-refractivity contribution < 1.29 is 0 Å². The van der Waals surface area contributed by atoms with Gasteiger partial charge in [0.15, 0.2) is 0 Å². The molecular weight excluding hydrogens is 266 g/mol. The van der Waals surface area contributed by atoms with Gasteiger partial charge < -0.3 is 10.6 Å². The highest BCUT2D eigenvalue weighted by atomic mass is 35.5. The Labute approximate surface area is 118 Å². The fourth-order valence-corrected chi connectivity index (χ4v) is 3.49. The maximum absolute atomic E-state index is 6.38. The van der Waals surface area contributed by atoms with E-state index in [-0.39, 0.29) is 0 Å². The van der Waals surface area contributed by atoms with Crippen LogP contribution in [0.4, 0.5) is 5.82 Å². The van der Waals surface area contributed by atoms with Gasteiger partial charge in [0, 0.05) is 36.3 Å². The molecule has 0 bridgehead atoms. The molecule has 0 unspecified atom stereocenters. The monoisotopic (exact) mass is 285 g/mol. The highest BCUT2D eigenvalue weighted by molar-refractivity contribution is 8.00. The van der Waals surface area contributed by atoms with Gasteiger partial charge in [-0.3, -0.25) is 0 Å². The number of thioether (sulfide) groups is 1. The number of pyridine rings is 1. The molecule has 1 aliphatic heterocycles. The maximum Gasteiger partial charge on any atom is 0.147 e. The van der Waals surface area contributed by atoms with Crippen molar-refractivity contribution in [1.29, 1.82) is 0 Å². The second-order valence-corrected chi connectivity index (χ2v) is 7.34. The van der Waals surface area contributed by atoms with Gasteiger partial charge in [0.05, 0.1) is 5.02 Å². The van der Waals surface area contributed by atoms with Crippen molar-refractivity contribution >= 4 is 29.2 Å². The Morgan fingerprint density at radius 3 is 3.00 bits per heavy atom. The maximum atomic E-state index is 6.38. The van der Waals surface area contributed by atoms with Crippen molar-refractivity contribution in [3.8, 4) is 0 Å². The van der Waals surface area contributed by atoms with Crippen LogP contribution in [0.5, 0.6) is 0 Å². The van der Waals surface area contributed by atoms with Gasteiger partial charge in [0.2, 0.25) is 0 Å². The molecule has 18 heavy (non-hydrogen) atoms. The molecule has 2 heterocycles. The standard InChI is InChI=1S/C13H20ClN3S/c1-13(2)4-6-17(7-8-18-13)12-11(14)10(9-15)3-5-16-12/h3,5H,4,6-9,15H2,1-2H3. The van der Waals surface area contributed by atoms with Crippen LogP contribution < -0.4 is 10.6 Å². The smallest absolute Gasteiger partial charge is 0.147 e. The largest absolute Gasteiger partial charge is 0.354 e. The summed E-state index contributed by atoms with van der Waals surface area (Å²) in [7, 11) is 0. The third-order valence-corrected chi connectivity index (χ3v) is 5.09. The van der Waals surface area contributed by atoms with E-state index in [2.05, 4.69) is 23.7 Å². The third kappa shape index (κ3) is 3.11. The highest BCUT2D eigenvalue weighted by Gasteiger charge is 2.25. The number of nitrogens with two attached hydrogens (primary N) is 1. The molecule has 0 amide bonds. The van der Waals surface area contributed by atoms with E-state index >= 15 is 0 Å². The van der Waals surface area contributed by atoms with Crippen LogP contribution in [0.1, 0.15) is 25.8 Å². The number of hydrogen-bond donors (Lipinski definition) is 1. The zero-order valence-electron chi connectivity index (χ0n) is 10.9. The van der Waals surface area contributed by atoms with Crippen LogP contribution in [0.25, 0.3) is 0 Å². The molecule has 2 N–H and O–H groups in total. The lowest BCUT2D eigenvalue weighted by Crippen LogP contribution is -2.28. The zero-order valence-corrected chi connectivity index (χ0v) is 12.5. The lowest BCUT2D eigenvalue weighted by Gasteiger charge is -2.24. The van der Waals surface area contributed by atoms with Crippen molar-refractivity contribution in [2.24, 2.45) is 5.73 Å². The van der Waals surface area contributed by atoms with Crippen LogP contribution in [0.15, 0.2) is 12.3 Å². The van der Waals surface area contributed by atoms with E-state index in [1.54, 1.807) is 6.20 Å². The van der Waals surface area contributed by atoms with Crippen LogP contribution in [0.2, 0.25) is 5.02 Å². The lowest BCUT2D eigenvalue weighted by atomic mass is 10.1. The first-order chi connectivity index (χ1) is 8.53. The van der Waals surface area contributed by atoms with E-state index < -0.39 is 0 Å². The van der Waals surface area contributed by atoms with Crippen LogP contribution in [0, 0.1) is 0 Å².